The highest BCUT2D eigenvalue weighted by atomic mass is 79.9. The first-order valence-electron chi connectivity index (χ1n) is 2.64. The quantitative estimate of drug-likeness (QED) is 0.672. The van der Waals surface area contributed by atoms with Gasteiger partial charge in [0.1, 0.15) is 0 Å². The molecule has 1 aromatic carbocycles. The molecule has 3 heteroatoms. The normalized spacial score (nSPS) is 9.40. The molecule has 0 N–H and O–H groups in total. The molecule has 0 aliphatic carbocycles. The van der Waals surface area contributed by atoms with Crippen molar-refractivity contribution in [3.8, 4) is 0 Å². The topological polar surface area (TPSA) is 0 Å². The van der Waals surface area contributed by atoms with E-state index in [2.05, 4.69) is 15.9 Å². The van der Waals surface area contributed by atoms with Gasteiger partial charge in [0, 0.05) is 20.4 Å². The third-order valence-corrected chi connectivity index (χ3v) is 2.30. The van der Waals surface area contributed by atoms with Crippen LogP contribution in [0, 0.1) is 0 Å². The molecule has 1 rings (SSSR count). The molecule has 0 aromatic heterocycles. The van der Waals surface area contributed by atoms with Gasteiger partial charge >= 0.3 is 0 Å². The fraction of sp³-hybridized carbons (Fsp3) is 0. The van der Waals surface area contributed by atoms with Crippen LogP contribution in [0.2, 0.25) is 5.02 Å². The van der Waals surface area contributed by atoms with E-state index in [0.29, 0.717) is 5.02 Å². The van der Waals surface area contributed by atoms with Crippen molar-refractivity contribution in [1.29, 1.82) is 0 Å². The summed E-state index contributed by atoms with van der Waals surface area (Å²) in [5, 5.41) is 2.30. The maximum absolute atomic E-state index is 5.71. The second-order valence-corrected chi connectivity index (χ2v) is 3.31. The lowest BCUT2D eigenvalue weighted by molar-refractivity contribution is 1.63. The highest BCUT2D eigenvalue weighted by molar-refractivity contribution is 9.10. The van der Waals surface area contributed by atoms with Crippen LogP contribution in [0.25, 0.3) is 0 Å². The number of halogens is 2. The van der Waals surface area contributed by atoms with Crippen molar-refractivity contribution in [3.05, 3.63) is 33.3 Å². The zero-order valence-electron chi connectivity index (χ0n) is 4.97. The summed E-state index contributed by atoms with van der Waals surface area (Å²) in [5.74, 6) is 0. The van der Waals surface area contributed by atoms with E-state index in [0.717, 1.165) is 10.0 Å². The molecular weight excluding hydrogens is 232 g/mol. The van der Waals surface area contributed by atoms with E-state index < -0.39 is 0 Å². The van der Waals surface area contributed by atoms with Crippen LogP contribution in [0.4, 0.5) is 0 Å². The van der Waals surface area contributed by atoms with E-state index in [1.807, 2.05) is 18.2 Å². The van der Waals surface area contributed by atoms with E-state index in [9.17, 15) is 0 Å². The number of benzene rings is 1. The van der Waals surface area contributed by atoms with Gasteiger partial charge < -0.3 is 0 Å². The first-order valence-corrected chi connectivity index (χ1v) is 4.28. The Balaban J connectivity index is 3.21. The molecule has 0 radical (unpaired) electrons. The van der Waals surface area contributed by atoms with Gasteiger partial charge in [-0.15, -0.1) is 0 Å². The maximum atomic E-state index is 5.71. The first-order chi connectivity index (χ1) is 4.74. The van der Waals surface area contributed by atoms with Gasteiger partial charge in [-0.1, -0.05) is 39.7 Å². The predicted molar refractivity (Wildman–Crippen MR) is 51.9 cm³/mol. The minimum atomic E-state index is 0.708. The Morgan fingerprint density at radius 2 is 2.20 bits per heavy atom. The molecule has 0 aliphatic heterocycles. The summed E-state index contributed by atoms with van der Waals surface area (Å²) in [6, 6.07) is 5.51. The number of rotatable bonds is 1. The highest BCUT2D eigenvalue weighted by Crippen LogP contribution is 2.19. The van der Waals surface area contributed by atoms with Crippen molar-refractivity contribution in [2.75, 3.05) is 0 Å². The first kappa shape index (κ1) is 8.18. The van der Waals surface area contributed by atoms with E-state index in [1.165, 1.54) is 0 Å². The van der Waals surface area contributed by atoms with Gasteiger partial charge in [0.25, 0.3) is 0 Å². The van der Waals surface area contributed by atoms with Gasteiger partial charge in [-0.25, -0.2) is 0 Å². The summed E-state index contributed by atoms with van der Waals surface area (Å²) >= 11 is 13.8. The van der Waals surface area contributed by atoms with E-state index in [-0.39, 0.29) is 0 Å². The fourth-order valence-electron chi connectivity index (χ4n) is 0.605. The average molecular weight is 236 g/mol. The van der Waals surface area contributed by atoms with Crippen LogP contribution < -0.4 is 0 Å². The molecule has 52 valence electrons. The Labute approximate surface area is 78.3 Å². The summed E-state index contributed by atoms with van der Waals surface area (Å²) in [7, 11) is 0. The van der Waals surface area contributed by atoms with Crippen LogP contribution in [0.1, 0.15) is 5.56 Å². The van der Waals surface area contributed by atoms with Gasteiger partial charge in [0.05, 0.1) is 0 Å². The number of hydrogen-bond donors (Lipinski definition) is 0. The Morgan fingerprint density at radius 1 is 1.50 bits per heavy atom. The van der Waals surface area contributed by atoms with Crippen molar-refractivity contribution < 1.29 is 0 Å². The molecule has 1 aromatic rings. The average Bonchev–Trinajstić information content (AvgIpc) is 1.94. The van der Waals surface area contributed by atoms with Gasteiger partial charge in [0.2, 0.25) is 0 Å². The highest BCUT2D eigenvalue weighted by Gasteiger charge is 1.95. The second kappa shape index (κ2) is 3.46. The van der Waals surface area contributed by atoms with Crippen LogP contribution in [0.5, 0.6) is 0 Å². The van der Waals surface area contributed by atoms with Crippen molar-refractivity contribution in [2.45, 2.75) is 0 Å². The summed E-state index contributed by atoms with van der Waals surface area (Å²) in [4.78, 5) is 0. The van der Waals surface area contributed by atoms with Gasteiger partial charge in [-0.2, -0.15) is 0 Å². The molecule has 0 saturated carbocycles. The SMILES string of the molecule is S=Cc1cc(Cl)ccc1Br. The lowest BCUT2D eigenvalue weighted by Crippen LogP contribution is -1.79. The molecule has 0 nitrogen and oxygen atoms in total. The van der Waals surface area contributed by atoms with Crippen LogP contribution in [-0.4, -0.2) is 5.37 Å². The van der Waals surface area contributed by atoms with E-state index >= 15 is 0 Å². The Bertz CT molecular complexity index is 260. The van der Waals surface area contributed by atoms with Gasteiger partial charge in [-0.05, 0) is 18.2 Å². The van der Waals surface area contributed by atoms with Crippen LogP contribution >= 0.6 is 39.7 Å². The standard InChI is InChI=1S/C7H4BrClS/c8-7-2-1-6(9)3-5(7)4-10/h1-4H. The number of hydrogen-bond acceptors (Lipinski definition) is 1. The molecule has 0 bridgehead atoms. The molecule has 0 saturated heterocycles. The Morgan fingerprint density at radius 3 is 2.70 bits per heavy atom. The Kier molecular flexibility index (Phi) is 2.83. The molecule has 0 fully saturated rings. The minimum Gasteiger partial charge on any atom is -0.0880 e. The maximum Gasteiger partial charge on any atom is 0.0413 e. The lowest BCUT2D eigenvalue weighted by atomic mass is 10.2. The predicted octanol–water partition coefficient (Wildman–Crippen LogP) is 3.45. The van der Waals surface area contributed by atoms with Gasteiger partial charge in [0.15, 0.2) is 0 Å². The molecule has 0 aliphatic rings. The molecule has 0 amide bonds. The fourth-order valence-corrected chi connectivity index (χ4v) is 1.49. The monoisotopic (exact) mass is 234 g/mol. The van der Waals surface area contributed by atoms with Gasteiger partial charge in [-0.3, -0.25) is 0 Å². The molecule has 0 unspecified atom stereocenters. The number of thiocarbonyl (C=S) groups is 1. The molecule has 10 heavy (non-hydrogen) atoms. The summed E-state index contributed by atoms with van der Waals surface area (Å²) in [6.45, 7) is 0. The molecular formula is C7H4BrClS. The van der Waals surface area contributed by atoms with Crippen LogP contribution in [-0.2, 0) is 0 Å². The van der Waals surface area contributed by atoms with Crippen LogP contribution in [0.3, 0.4) is 0 Å². The zero-order chi connectivity index (χ0) is 7.56. The third kappa shape index (κ3) is 1.78. The summed E-state index contributed by atoms with van der Waals surface area (Å²) in [5.41, 5.74) is 0.947. The summed E-state index contributed by atoms with van der Waals surface area (Å²) < 4.78 is 0.979. The van der Waals surface area contributed by atoms with E-state index in [4.69, 9.17) is 23.8 Å². The zero-order valence-corrected chi connectivity index (χ0v) is 8.13. The van der Waals surface area contributed by atoms with E-state index in [1.54, 1.807) is 5.37 Å². The Hall–Kier alpha value is 0.0800. The van der Waals surface area contributed by atoms with Crippen LogP contribution in [0.15, 0.2) is 22.7 Å². The van der Waals surface area contributed by atoms with Crippen molar-refractivity contribution in [1.82, 2.24) is 0 Å². The summed E-state index contributed by atoms with van der Waals surface area (Å²) in [6.07, 6.45) is 0. The van der Waals surface area contributed by atoms with Crippen molar-refractivity contribution >= 4 is 45.1 Å². The lowest BCUT2D eigenvalue weighted by Gasteiger charge is -1.95. The second-order valence-electron chi connectivity index (χ2n) is 1.78. The van der Waals surface area contributed by atoms with Crippen molar-refractivity contribution in [3.63, 3.8) is 0 Å². The molecule has 0 spiro atoms. The largest absolute Gasteiger partial charge is 0.0880 e. The minimum absolute atomic E-state index is 0.708. The third-order valence-electron chi connectivity index (χ3n) is 1.09. The molecule has 0 heterocycles. The van der Waals surface area contributed by atoms with Crippen molar-refractivity contribution in [2.24, 2.45) is 0 Å². The smallest absolute Gasteiger partial charge is 0.0413 e. The molecule has 0 atom stereocenters.